The first-order valence-corrected chi connectivity index (χ1v) is 8.00. The zero-order valence-electron chi connectivity index (χ0n) is 12.8. The second-order valence-electron chi connectivity index (χ2n) is 5.25. The summed E-state index contributed by atoms with van der Waals surface area (Å²) in [6.07, 6.45) is 3.83. The Bertz CT molecular complexity index is 932. The molecule has 0 saturated heterocycles. The Labute approximate surface area is 141 Å². The summed E-state index contributed by atoms with van der Waals surface area (Å²) in [5.74, 6) is -0.652. The number of rotatable bonds is 4. The number of pyridine rings is 1. The minimum atomic E-state index is -0.379. The molecule has 0 aliphatic rings. The third kappa shape index (κ3) is 3.75. The molecular formula is C17H14FN3O2S. The normalized spacial score (nSPS) is 10.6. The zero-order chi connectivity index (χ0) is 17.1. The fourth-order valence-corrected chi connectivity index (χ4v) is 2.95. The molecule has 0 radical (unpaired) electrons. The van der Waals surface area contributed by atoms with E-state index in [1.165, 1.54) is 34.1 Å². The monoisotopic (exact) mass is 343 g/mol. The minimum Gasteiger partial charge on any atom is -0.319 e. The molecule has 2 aromatic heterocycles. The van der Waals surface area contributed by atoms with Gasteiger partial charge < -0.3 is 4.57 Å². The quantitative estimate of drug-likeness (QED) is 0.792. The Hall–Kier alpha value is -2.80. The smallest absolute Gasteiger partial charge is 0.257 e. The maximum Gasteiger partial charge on any atom is 0.257 e. The summed E-state index contributed by atoms with van der Waals surface area (Å²) in [6, 6.07) is 9.11. The van der Waals surface area contributed by atoms with E-state index in [0.29, 0.717) is 11.6 Å². The highest BCUT2D eigenvalue weighted by Crippen LogP contribution is 2.21. The molecule has 0 spiro atoms. The van der Waals surface area contributed by atoms with Gasteiger partial charge in [-0.2, -0.15) is 0 Å². The highest BCUT2D eigenvalue weighted by molar-refractivity contribution is 7.15. The van der Waals surface area contributed by atoms with E-state index in [0.717, 1.165) is 10.4 Å². The largest absolute Gasteiger partial charge is 0.319 e. The van der Waals surface area contributed by atoms with Crippen LogP contribution in [0.4, 0.5) is 9.52 Å². The second kappa shape index (κ2) is 6.76. The number of nitrogens with one attached hydrogen (secondary N) is 1. The zero-order valence-corrected chi connectivity index (χ0v) is 13.6. The van der Waals surface area contributed by atoms with E-state index in [1.54, 1.807) is 37.6 Å². The van der Waals surface area contributed by atoms with E-state index in [4.69, 9.17) is 0 Å². The molecule has 1 aromatic carbocycles. The van der Waals surface area contributed by atoms with Crippen molar-refractivity contribution in [1.82, 2.24) is 9.55 Å². The summed E-state index contributed by atoms with van der Waals surface area (Å²) in [7, 11) is 1.62. The van der Waals surface area contributed by atoms with Crippen LogP contribution in [-0.2, 0) is 13.5 Å². The Morgan fingerprint density at radius 1 is 1.29 bits per heavy atom. The Morgan fingerprint density at radius 3 is 2.75 bits per heavy atom. The van der Waals surface area contributed by atoms with Gasteiger partial charge >= 0.3 is 0 Å². The van der Waals surface area contributed by atoms with E-state index in [2.05, 4.69) is 10.3 Å². The Morgan fingerprint density at radius 2 is 2.04 bits per heavy atom. The number of hydrogen-bond donors (Lipinski definition) is 1. The van der Waals surface area contributed by atoms with Crippen molar-refractivity contribution < 1.29 is 9.18 Å². The van der Waals surface area contributed by atoms with Gasteiger partial charge in [-0.25, -0.2) is 9.37 Å². The molecule has 3 aromatic rings. The van der Waals surface area contributed by atoms with Crippen LogP contribution < -0.4 is 10.9 Å². The van der Waals surface area contributed by atoms with Gasteiger partial charge in [0.25, 0.3) is 11.5 Å². The number of nitrogens with zero attached hydrogens (tertiary/aromatic N) is 2. The summed E-state index contributed by atoms with van der Waals surface area (Å²) in [4.78, 5) is 28.8. The predicted octanol–water partition coefficient (Wildman–Crippen LogP) is 2.82. The van der Waals surface area contributed by atoms with Gasteiger partial charge in [0.2, 0.25) is 0 Å². The number of aromatic nitrogens is 2. The molecule has 0 unspecified atom stereocenters. The molecule has 7 heteroatoms. The van der Waals surface area contributed by atoms with Crippen molar-refractivity contribution in [2.45, 2.75) is 6.42 Å². The summed E-state index contributed by atoms with van der Waals surface area (Å²) < 4.78 is 14.3. The lowest BCUT2D eigenvalue weighted by molar-refractivity contribution is 0.102. The first-order valence-electron chi connectivity index (χ1n) is 7.18. The number of halogens is 1. The van der Waals surface area contributed by atoms with Crippen molar-refractivity contribution >= 4 is 22.4 Å². The second-order valence-corrected chi connectivity index (χ2v) is 6.37. The summed E-state index contributed by atoms with van der Waals surface area (Å²) >= 11 is 1.34. The molecule has 1 N–H and O–H groups in total. The summed E-state index contributed by atoms with van der Waals surface area (Å²) in [5.41, 5.74) is 0.997. The third-order valence-electron chi connectivity index (χ3n) is 3.43. The van der Waals surface area contributed by atoms with Crippen molar-refractivity contribution in [1.29, 1.82) is 0 Å². The van der Waals surface area contributed by atoms with Crippen molar-refractivity contribution in [2.75, 3.05) is 5.32 Å². The van der Waals surface area contributed by atoms with E-state index in [1.807, 2.05) is 0 Å². The molecule has 0 saturated carbocycles. The fraction of sp³-hybridized carbons (Fsp3) is 0.118. The highest BCUT2D eigenvalue weighted by Gasteiger charge is 2.10. The van der Waals surface area contributed by atoms with E-state index >= 15 is 0 Å². The molecule has 0 atom stereocenters. The number of thiazole rings is 1. The lowest BCUT2D eigenvalue weighted by Gasteiger charge is -2.02. The summed E-state index contributed by atoms with van der Waals surface area (Å²) in [6.45, 7) is 0. The van der Waals surface area contributed by atoms with E-state index in [9.17, 15) is 14.0 Å². The summed E-state index contributed by atoms with van der Waals surface area (Å²) in [5, 5.41) is 3.14. The number of hydrogen-bond acceptors (Lipinski definition) is 4. The maximum atomic E-state index is 12.9. The Balaban J connectivity index is 1.69. The molecule has 0 aliphatic heterocycles. The van der Waals surface area contributed by atoms with Crippen molar-refractivity contribution in [3.8, 4) is 0 Å². The molecule has 0 bridgehead atoms. The topological polar surface area (TPSA) is 64.0 Å². The SMILES string of the molecule is Cn1ccc(C(=O)Nc2ncc(Cc3ccc(F)cc3)s2)cc1=O. The van der Waals surface area contributed by atoms with E-state index < -0.39 is 0 Å². The molecule has 1 amide bonds. The van der Waals surface area contributed by atoms with Gasteiger partial charge in [0.15, 0.2) is 5.13 Å². The number of benzene rings is 1. The number of anilines is 1. The third-order valence-corrected chi connectivity index (χ3v) is 4.34. The van der Waals surface area contributed by atoms with Crippen LogP contribution in [0, 0.1) is 5.82 Å². The lowest BCUT2D eigenvalue weighted by Crippen LogP contribution is -2.19. The average molecular weight is 343 g/mol. The Kier molecular flexibility index (Phi) is 4.52. The van der Waals surface area contributed by atoms with Crippen LogP contribution in [-0.4, -0.2) is 15.5 Å². The number of amides is 1. The van der Waals surface area contributed by atoms with Crippen LogP contribution in [0.3, 0.4) is 0 Å². The maximum absolute atomic E-state index is 12.9. The number of aryl methyl sites for hydroxylation is 1. The lowest BCUT2D eigenvalue weighted by atomic mass is 10.1. The van der Waals surface area contributed by atoms with Crippen LogP contribution in [0.25, 0.3) is 0 Å². The molecule has 122 valence electrons. The first-order chi connectivity index (χ1) is 11.5. The molecule has 3 rings (SSSR count). The molecule has 5 nitrogen and oxygen atoms in total. The van der Waals surface area contributed by atoms with E-state index in [-0.39, 0.29) is 22.8 Å². The molecule has 2 heterocycles. The molecule has 0 aliphatic carbocycles. The predicted molar refractivity (Wildman–Crippen MR) is 91.0 cm³/mol. The van der Waals surface area contributed by atoms with Gasteiger partial charge in [0.05, 0.1) is 0 Å². The van der Waals surface area contributed by atoms with Gasteiger partial charge in [-0.1, -0.05) is 12.1 Å². The minimum absolute atomic E-state index is 0.251. The number of carbonyl (C=O) groups excluding carboxylic acids is 1. The van der Waals surface area contributed by atoms with Gasteiger partial charge in [-0.15, -0.1) is 11.3 Å². The van der Waals surface area contributed by atoms with Crippen LogP contribution >= 0.6 is 11.3 Å². The van der Waals surface area contributed by atoms with Crippen LogP contribution in [0.15, 0.2) is 53.6 Å². The molecule has 24 heavy (non-hydrogen) atoms. The first kappa shape index (κ1) is 16.1. The standard InChI is InChI=1S/C17H14FN3O2S/c1-21-7-6-12(9-15(21)22)16(23)20-17-19-10-14(24-17)8-11-2-4-13(18)5-3-11/h2-7,9-10H,8H2,1H3,(H,19,20,23). The van der Waals surface area contributed by atoms with Crippen molar-refractivity contribution in [2.24, 2.45) is 7.05 Å². The van der Waals surface area contributed by atoms with Crippen LogP contribution in [0.2, 0.25) is 0 Å². The van der Waals surface area contributed by atoms with Crippen LogP contribution in [0.1, 0.15) is 20.8 Å². The number of carbonyl (C=O) groups is 1. The molecular weight excluding hydrogens is 329 g/mol. The molecule has 0 fully saturated rings. The van der Waals surface area contributed by atoms with Gasteiger partial charge in [-0.05, 0) is 23.8 Å². The highest BCUT2D eigenvalue weighted by atomic mass is 32.1. The van der Waals surface area contributed by atoms with Crippen molar-refractivity contribution in [3.05, 3.63) is 81.0 Å². The van der Waals surface area contributed by atoms with Crippen LogP contribution in [0.5, 0.6) is 0 Å². The average Bonchev–Trinajstić information content (AvgIpc) is 2.99. The van der Waals surface area contributed by atoms with Gasteiger partial charge in [0, 0.05) is 42.4 Å². The fourth-order valence-electron chi connectivity index (χ4n) is 2.11. The van der Waals surface area contributed by atoms with Crippen molar-refractivity contribution in [3.63, 3.8) is 0 Å². The van der Waals surface area contributed by atoms with Gasteiger partial charge in [0.1, 0.15) is 5.82 Å². The van der Waals surface area contributed by atoms with Gasteiger partial charge in [-0.3, -0.25) is 14.9 Å².